The second-order valence-corrected chi connectivity index (χ2v) is 6.41. The van der Waals surface area contributed by atoms with E-state index in [9.17, 15) is 0 Å². The highest BCUT2D eigenvalue weighted by molar-refractivity contribution is 9.09. The third-order valence-corrected chi connectivity index (χ3v) is 4.23. The first-order chi connectivity index (χ1) is 7.41. The van der Waals surface area contributed by atoms with Crippen molar-refractivity contribution in [1.29, 1.82) is 0 Å². The maximum absolute atomic E-state index is 6.28. The van der Waals surface area contributed by atoms with Crippen molar-refractivity contribution in [3.63, 3.8) is 0 Å². The van der Waals surface area contributed by atoms with Crippen LogP contribution in [0.25, 0.3) is 0 Å². The van der Waals surface area contributed by atoms with Gasteiger partial charge >= 0.3 is 0 Å². The molecule has 0 bridgehead atoms. The van der Waals surface area contributed by atoms with Gasteiger partial charge in [0.15, 0.2) is 0 Å². The lowest BCUT2D eigenvalue weighted by atomic mass is 9.99. The summed E-state index contributed by atoms with van der Waals surface area (Å²) in [6.07, 6.45) is 2.36. The van der Waals surface area contributed by atoms with E-state index < -0.39 is 0 Å². The highest BCUT2D eigenvalue weighted by Crippen LogP contribution is 2.35. The largest absolute Gasteiger partial charge is 0.0840 e. The molecule has 0 aliphatic carbocycles. The molecule has 0 fully saturated rings. The monoisotopic (exact) mass is 302 g/mol. The van der Waals surface area contributed by atoms with Crippen molar-refractivity contribution in [2.24, 2.45) is 5.92 Å². The number of benzene rings is 1. The van der Waals surface area contributed by atoms with Gasteiger partial charge in [0.2, 0.25) is 0 Å². The number of aryl methyl sites for hydroxylation is 2. The highest BCUT2D eigenvalue weighted by atomic mass is 79.9. The third kappa shape index (κ3) is 3.78. The summed E-state index contributed by atoms with van der Waals surface area (Å²) in [5.41, 5.74) is 3.80. The summed E-state index contributed by atoms with van der Waals surface area (Å²) >= 11 is 10.0. The first-order valence-electron chi connectivity index (χ1n) is 5.82. The number of hydrogen-bond acceptors (Lipinski definition) is 0. The van der Waals surface area contributed by atoms with Gasteiger partial charge in [0.05, 0.1) is 0 Å². The van der Waals surface area contributed by atoms with Gasteiger partial charge in [-0.05, 0) is 55.4 Å². The van der Waals surface area contributed by atoms with Crippen LogP contribution in [0.1, 0.15) is 48.2 Å². The zero-order chi connectivity index (χ0) is 12.3. The van der Waals surface area contributed by atoms with E-state index in [1.807, 2.05) is 0 Å². The third-order valence-electron chi connectivity index (χ3n) is 2.95. The lowest BCUT2D eigenvalue weighted by Gasteiger charge is -2.15. The molecule has 1 aromatic carbocycles. The van der Waals surface area contributed by atoms with Gasteiger partial charge in [-0.15, -0.1) is 0 Å². The van der Waals surface area contributed by atoms with E-state index in [2.05, 4.69) is 55.8 Å². The molecule has 0 saturated carbocycles. The van der Waals surface area contributed by atoms with Crippen LogP contribution in [0, 0.1) is 19.8 Å². The van der Waals surface area contributed by atoms with Gasteiger partial charge in [0.1, 0.15) is 0 Å². The lowest BCUT2D eigenvalue weighted by Crippen LogP contribution is -1.97. The molecule has 1 unspecified atom stereocenters. The molecular formula is C14H20BrCl. The predicted molar refractivity (Wildman–Crippen MR) is 76.7 cm³/mol. The number of hydrogen-bond donors (Lipinski definition) is 0. The van der Waals surface area contributed by atoms with E-state index in [0.29, 0.717) is 4.83 Å². The standard InChI is InChI=1S/C14H20BrCl/c1-9(2)5-6-13(15)12-7-10(3)11(4)8-14(12)16/h7-9,13H,5-6H2,1-4H3. The second kappa shape index (κ2) is 6.07. The molecule has 0 aromatic heterocycles. The Bertz CT molecular complexity index is 358. The van der Waals surface area contributed by atoms with Crippen LogP contribution in [0.4, 0.5) is 0 Å². The molecule has 0 heterocycles. The molecular weight excluding hydrogens is 284 g/mol. The van der Waals surface area contributed by atoms with Crippen molar-refractivity contribution in [2.45, 2.75) is 45.4 Å². The van der Waals surface area contributed by atoms with Crippen molar-refractivity contribution in [1.82, 2.24) is 0 Å². The van der Waals surface area contributed by atoms with Crippen LogP contribution in [-0.4, -0.2) is 0 Å². The highest BCUT2D eigenvalue weighted by Gasteiger charge is 2.13. The topological polar surface area (TPSA) is 0 Å². The summed E-state index contributed by atoms with van der Waals surface area (Å²) in [5.74, 6) is 0.741. The molecule has 0 saturated heterocycles. The number of halogens is 2. The molecule has 0 aliphatic rings. The maximum atomic E-state index is 6.28. The van der Waals surface area contributed by atoms with Gasteiger partial charge in [-0.2, -0.15) is 0 Å². The molecule has 1 rings (SSSR count). The molecule has 0 aliphatic heterocycles. The zero-order valence-corrected chi connectivity index (χ0v) is 12.8. The minimum absolute atomic E-state index is 0.377. The molecule has 90 valence electrons. The molecule has 0 spiro atoms. The van der Waals surface area contributed by atoms with Crippen LogP contribution in [-0.2, 0) is 0 Å². The lowest BCUT2D eigenvalue weighted by molar-refractivity contribution is 0.554. The molecule has 0 N–H and O–H groups in total. The SMILES string of the molecule is Cc1cc(Cl)c(C(Br)CCC(C)C)cc1C. The van der Waals surface area contributed by atoms with Gasteiger partial charge in [0, 0.05) is 9.85 Å². The minimum atomic E-state index is 0.377. The van der Waals surface area contributed by atoms with E-state index in [0.717, 1.165) is 17.4 Å². The Morgan fingerprint density at radius 3 is 2.25 bits per heavy atom. The van der Waals surface area contributed by atoms with Crippen LogP contribution in [0.5, 0.6) is 0 Å². The maximum Gasteiger partial charge on any atom is 0.0452 e. The molecule has 0 nitrogen and oxygen atoms in total. The summed E-state index contributed by atoms with van der Waals surface area (Å²) in [7, 11) is 0. The summed E-state index contributed by atoms with van der Waals surface area (Å²) in [6.45, 7) is 8.74. The average Bonchev–Trinajstić information content (AvgIpc) is 2.20. The number of rotatable bonds is 4. The molecule has 1 aromatic rings. The van der Waals surface area contributed by atoms with Crippen LogP contribution in [0.2, 0.25) is 5.02 Å². The Labute approximate surface area is 113 Å². The summed E-state index contributed by atoms with van der Waals surface area (Å²) in [5, 5.41) is 0.883. The minimum Gasteiger partial charge on any atom is -0.0840 e. The van der Waals surface area contributed by atoms with Gasteiger partial charge in [0.25, 0.3) is 0 Å². The van der Waals surface area contributed by atoms with Gasteiger partial charge in [-0.3, -0.25) is 0 Å². The predicted octanol–water partition coefficient (Wildman–Crippen LogP) is 5.83. The van der Waals surface area contributed by atoms with E-state index >= 15 is 0 Å². The van der Waals surface area contributed by atoms with Crippen molar-refractivity contribution in [3.8, 4) is 0 Å². The van der Waals surface area contributed by atoms with E-state index in [-0.39, 0.29) is 0 Å². The first-order valence-corrected chi connectivity index (χ1v) is 7.12. The Balaban J connectivity index is 2.82. The van der Waals surface area contributed by atoms with Crippen molar-refractivity contribution < 1.29 is 0 Å². The number of alkyl halides is 1. The van der Waals surface area contributed by atoms with Crippen molar-refractivity contribution >= 4 is 27.5 Å². The van der Waals surface area contributed by atoms with Crippen LogP contribution < -0.4 is 0 Å². The normalized spacial score (nSPS) is 13.2. The molecule has 2 heteroatoms. The molecule has 0 amide bonds. The van der Waals surface area contributed by atoms with E-state index in [4.69, 9.17) is 11.6 Å². The molecule has 0 radical (unpaired) electrons. The van der Waals surface area contributed by atoms with E-state index in [1.54, 1.807) is 0 Å². The fourth-order valence-corrected chi connectivity index (χ4v) is 2.80. The van der Waals surface area contributed by atoms with Gasteiger partial charge < -0.3 is 0 Å². The Morgan fingerprint density at radius 1 is 1.12 bits per heavy atom. The average molecular weight is 304 g/mol. The summed E-state index contributed by atoms with van der Waals surface area (Å²) in [6, 6.07) is 4.27. The van der Waals surface area contributed by atoms with Crippen LogP contribution >= 0.6 is 27.5 Å². The van der Waals surface area contributed by atoms with Gasteiger partial charge in [-0.25, -0.2) is 0 Å². The smallest absolute Gasteiger partial charge is 0.0452 e. The Kier molecular flexibility index (Phi) is 5.33. The zero-order valence-electron chi connectivity index (χ0n) is 10.5. The summed E-state index contributed by atoms with van der Waals surface area (Å²) < 4.78 is 0. The fourth-order valence-electron chi connectivity index (χ4n) is 1.68. The Hall–Kier alpha value is -0.0100. The first kappa shape index (κ1) is 14.1. The molecule has 16 heavy (non-hydrogen) atoms. The van der Waals surface area contributed by atoms with Crippen molar-refractivity contribution in [2.75, 3.05) is 0 Å². The fraction of sp³-hybridized carbons (Fsp3) is 0.571. The second-order valence-electron chi connectivity index (χ2n) is 4.90. The van der Waals surface area contributed by atoms with Crippen molar-refractivity contribution in [3.05, 3.63) is 33.8 Å². The van der Waals surface area contributed by atoms with Crippen LogP contribution in [0.15, 0.2) is 12.1 Å². The molecule has 1 atom stereocenters. The van der Waals surface area contributed by atoms with E-state index in [1.165, 1.54) is 23.1 Å². The Morgan fingerprint density at radius 2 is 1.69 bits per heavy atom. The van der Waals surface area contributed by atoms with Crippen LogP contribution in [0.3, 0.4) is 0 Å². The quantitative estimate of drug-likeness (QED) is 0.614. The van der Waals surface area contributed by atoms with Gasteiger partial charge in [-0.1, -0.05) is 47.4 Å². The summed E-state index contributed by atoms with van der Waals surface area (Å²) in [4.78, 5) is 0.377.